The molecule has 0 saturated heterocycles. The van der Waals surface area contributed by atoms with E-state index in [1.165, 1.54) is 0 Å². The minimum Gasteiger partial charge on any atom is -0.465 e. The second-order valence-corrected chi connectivity index (χ2v) is 7.02. The number of amides is 1. The zero-order valence-corrected chi connectivity index (χ0v) is 16.1. The Morgan fingerprint density at radius 2 is 2.14 bits per heavy atom. The minimum absolute atomic E-state index is 0.0678. The van der Waals surface area contributed by atoms with Gasteiger partial charge in [0.05, 0.1) is 29.1 Å². The van der Waals surface area contributed by atoms with Gasteiger partial charge in [0.1, 0.15) is 5.76 Å². The third-order valence-electron chi connectivity index (χ3n) is 3.82. The largest absolute Gasteiger partial charge is 0.465 e. The number of nitrogens with one attached hydrogen (secondary N) is 2. The fraction of sp³-hybridized carbons (Fsp3) is 0.333. The van der Waals surface area contributed by atoms with Gasteiger partial charge < -0.3 is 19.6 Å². The van der Waals surface area contributed by atoms with Gasteiger partial charge in [-0.3, -0.25) is 14.2 Å². The fourth-order valence-electron chi connectivity index (χ4n) is 2.61. The number of hydrogen-bond acceptors (Lipinski definition) is 7. The summed E-state index contributed by atoms with van der Waals surface area (Å²) < 4.78 is 11.6. The van der Waals surface area contributed by atoms with E-state index in [1.54, 1.807) is 17.6 Å². The van der Waals surface area contributed by atoms with Crippen molar-refractivity contribution >= 4 is 40.5 Å². The standard InChI is InChI=1S/C18H20N4O5S/c1-12-9-15(21-27-12)20-16(23)10-28-11-17(24)26-8-4-7-22-14-6-3-2-5-13(14)19-18(22)25/h2-3,5-6,9H,4,7-8,10-11H2,1H3,(H,19,25)(H,20,21,23). The first-order valence-electron chi connectivity index (χ1n) is 8.67. The monoisotopic (exact) mass is 404 g/mol. The van der Waals surface area contributed by atoms with Crippen LogP contribution < -0.4 is 11.0 Å². The Labute approximate surface area is 164 Å². The van der Waals surface area contributed by atoms with Crippen LogP contribution in [0.5, 0.6) is 0 Å². The van der Waals surface area contributed by atoms with E-state index in [1.807, 2.05) is 24.3 Å². The molecule has 0 aliphatic rings. The number of nitrogens with zero attached hydrogens (tertiary/aromatic N) is 2. The summed E-state index contributed by atoms with van der Waals surface area (Å²) in [4.78, 5) is 38.2. The molecule has 1 aromatic carbocycles. The lowest BCUT2D eigenvalue weighted by atomic mass is 10.3. The number of aryl methyl sites for hydroxylation is 2. The van der Waals surface area contributed by atoms with Crippen LogP contribution in [0.3, 0.4) is 0 Å². The number of hydrogen-bond donors (Lipinski definition) is 2. The zero-order chi connectivity index (χ0) is 19.9. The molecule has 2 N–H and O–H groups in total. The number of aromatic amines is 1. The van der Waals surface area contributed by atoms with Crippen LogP contribution in [-0.4, -0.2) is 44.7 Å². The molecular formula is C18H20N4O5S. The van der Waals surface area contributed by atoms with Crippen molar-refractivity contribution in [1.82, 2.24) is 14.7 Å². The number of esters is 1. The summed E-state index contributed by atoms with van der Waals surface area (Å²) in [5.74, 6) is 0.440. The third-order valence-corrected chi connectivity index (χ3v) is 4.73. The van der Waals surface area contributed by atoms with E-state index >= 15 is 0 Å². The molecule has 9 nitrogen and oxygen atoms in total. The molecule has 10 heteroatoms. The molecule has 3 rings (SSSR count). The summed E-state index contributed by atoms with van der Waals surface area (Å²) in [6.07, 6.45) is 0.518. The van der Waals surface area contributed by atoms with Crippen LogP contribution in [0.15, 0.2) is 39.6 Å². The molecule has 0 atom stereocenters. The number of thioether (sulfide) groups is 1. The molecule has 0 aliphatic carbocycles. The van der Waals surface area contributed by atoms with Crippen molar-refractivity contribution < 1.29 is 18.8 Å². The molecule has 0 unspecified atom stereocenters. The van der Waals surface area contributed by atoms with Crippen LogP contribution in [0, 0.1) is 6.92 Å². The first-order chi connectivity index (χ1) is 13.5. The average molecular weight is 404 g/mol. The topological polar surface area (TPSA) is 119 Å². The van der Waals surface area contributed by atoms with Gasteiger partial charge in [0, 0.05) is 12.6 Å². The predicted octanol–water partition coefficient (Wildman–Crippen LogP) is 1.93. The van der Waals surface area contributed by atoms with E-state index in [9.17, 15) is 14.4 Å². The van der Waals surface area contributed by atoms with E-state index < -0.39 is 5.97 Å². The molecule has 0 aliphatic heterocycles. The van der Waals surface area contributed by atoms with Gasteiger partial charge >= 0.3 is 11.7 Å². The molecule has 0 saturated carbocycles. The number of para-hydroxylation sites is 2. The van der Waals surface area contributed by atoms with Crippen LogP contribution in [0.25, 0.3) is 11.0 Å². The molecule has 2 heterocycles. The number of fused-ring (bicyclic) bond motifs is 1. The molecule has 0 spiro atoms. The molecule has 28 heavy (non-hydrogen) atoms. The highest BCUT2D eigenvalue weighted by atomic mass is 32.2. The van der Waals surface area contributed by atoms with Gasteiger partial charge in [0.2, 0.25) is 5.91 Å². The maximum Gasteiger partial charge on any atom is 0.326 e. The smallest absolute Gasteiger partial charge is 0.326 e. The number of imidazole rings is 1. The van der Waals surface area contributed by atoms with Gasteiger partial charge in [0.15, 0.2) is 5.82 Å². The number of benzene rings is 1. The maximum absolute atomic E-state index is 12.0. The summed E-state index contributed by atoms with van der Waals surface area (Å²) >= 11 is 1.15. The Hall–Kier alpha value is -3.01. The second-order valence-electron chi connectivity index (χ2n) is 6.04. The van der Waals surface area contributed by atoms with E-state index in [0.29, 0.717) is 24.5 Å². The number of anilines is 1. The molecule has 0 fully saturated rings. The van der Waals surface area contributed by atoms with Crippen LogP contribution in [-0.2, 0) is 20.9 Å². The highest BCUT2D eigenvalue weighted by Crippen LogP contribution is 2.10. The van der Waals surface area contributed by atoms with Gasteiger partial charge in [-0.2, -0.15) is 0 Å². The number of carbonyl (C=O) groups is 2. The van der Waals surface area contributed by atoms with Gasteiger partial charge in [-0.25, -0.2) is 4.79 Å². The predicted molar refractivity (Wildman–Crippen MR) is 105 cm³/mol. The Balaban J connectivity index is 1.33. The third kappa shape index (κ3) is 5.26. The van der Waals surface area contributed by atoms with Crippen LogP contribution in [0.1, 0.15) is 12.2 Å². The number of aromatic nitrogens is 3. The van der Waals surface area contributed by atoms with Crippen LogP contribution >= 0.6 is 11.8 Å². The quantitative estimate of drug-likeness (QED) is 0.413. The molecule has 3 aromatic rings. The van der Waals surface area contributed by atoms with Gasteiger partial charge in [-0.05, 0) is 25.5 Å². The maximum atomic E-state index is 12.0. The van der Waals surface area contributed by atoms with E-state index in [4.69, 9.17) is 9.26 Å². The van der Waals surface area contributed by atoms with Crippen LogP contribution in [0.4, 0.5) is 5.82 Å². The lowest BCUT2D eigenvalue weighted by molar-refractivity contribution is -0.140. The summed E-state index contributed by atoms with van der Waals surface area (Å²) in [5.41, 5.74) is 1.42. The first-order valence-corrected chi connectivity index (χ1v) is 9.82. The summed E-state index contributed by atoms with van der Waals surface area (Å²) in [5, 5.41) is 6.23. The van der Waals surface area contributed by atoms with Crippen molar-refractivity contribution in [3.8, 4) is 0 Å². The molecule has 148 valence electrons. The molecule has 2 aromatic heterocycles. The van der Waals surface area contributed by atoms with E-state index in [2.05, 4.69) is 15.5 Å². The summed E-state index contributed by atoms with van der Waals surface area (Å²) in [7, 11) is 0. The zero-order valence-electron chi connectivity index (χ0n) is 15.3. The first kappa shape index (κ1) is 19.7. The Kier molecular flexibility index (Phi) is 6.53. The van der Waals surface area contributed by atoms with Crippen molar-refractivity contribution in [2.24, 2.45) is 0 Å². The lowest BCUT2D eigenvalue weighted by Crippen LogP contribution is -2.19. The summed E-state index contributed by atoms with van der Waals surface area (Å²) in [6.45, 7) is 2.38. The van der Waals surface area contributed by atoms with Crippen molar-refractivity contribution in [2.45, 2.75) is 19.9 Å². The van der Waals surface area contributed by atoms with Crippen molar-refractivity contribution in [2.75, 3.05) is 23.4 Å². The number of H-pyrrole nitrogens is 1. The highest BCUT2D eigenvalue weighted by molar-refractivity contribution is 8.00. The Bertz CT molecular complexity index is 1020. The molecule has 1 amide bonds. The fourth-order valence-corrected chi connectivity index (χ4v) is 3.22. The number of ether oxygens (including phenoxy) is 1. The minimum atomic E-state index is -0.402. The Morgan fingerprint density at radius 1 is 1.32 bits per heavy atom. The number of rotatable bonds is 9. The van der Waals surface area contributed by atoms with Gasteiger partial charge in [-0.15, -0.1) is 11.8 Å². The van der Waals surface area contributed by atoms with Crippen molar-refractivity contribution in [3.63, 3.8) is 0 Å². The summed E-state index contributed by atoms with van der Waals surface area (Å²) in [6, 6.07) is 9.03. The average Bonchev–Trinajstić information content (AvgIpc) is 3.21. The number of carbonyl (C=O) groups excluding carboxylic acids is 2. The van der Waals surface area contributed by atoms with Crippen molar-refractivity contribution in [1.29, 1.82) is 0 Å². The SMILES string of the molecule is Cc1cc(NC(=O)CSCC(=O)OCCCn2c(=O)[nH]c3ccccc32)no1. The van der Waals surface area contributed by atoms with Gasteiger partial charge in [-0.1, -0.05) is 17.3 Å². The van der Waals surface area contributed by atoms with E-state index in [0.717, 1.165) is 22.8 Å². The molecular weight excluding hydrogens is 384 g/mol. The second kappa shape index (κ2) is 9.27. The normalized spacial score (nSPS) is 10.9. The van der Waals surface area contributed by atoms with Crippen molar-refractivity contribution in [3.05, 3.63) is 46.6 Å². The molecule has 0 radical (unpaired) electrons. The Morgan fingerprint density at radius 3 is 2.93 bits per heavy atom. The highest BCUT2D eigenvalue weighted by Gasteiger charge is 2.10. The van der Waals surface area contributed by atoms with Crippen LogP contribution in [0.2, 0.25) is 0 Å². The van der Waals surface area contributed by atoms with Gasteiger partial charge in [0.25, 0.3) is 0 Å². The lowest BCUT2D eigenvalue weighted by Gasteiger charge is -2.06. The van der Waals surface area contributed by atoms with E-state index in [-0.39, 0.29) is 29.7 Å². The molecule has 0 bridgehead atoms.